The predicted octanol–water partition coefficient (Wildman–Crippen LogP) is 4.61. The zero-order valence-corrected chi connectivity index (χ0v) is 19.0. The summed E-state index contributed by atoms with van der Waals surface area (Å²) < 4.78 is 14.9. The van der Waals surface area contributed by atoms with E-state index in [0.29, 0.717) is 6.42 Å². The van der Waals surface area contributed by atoms with E-state index in [0.717, 1.165) is 32.1 Å². The third kappa shape index (κ3) is 21.8. The topological polar surface area (TPSA) is 116 Å². The highest BCUT2D eigenvalue weighted by atomic mass is 31.2. The van der Waals surface area contributed by atoms with Gasteiger partial charge in [-0.2, -0.15) is 0 Å². The lowest BCUT2D eigenvalue weighted by atomic mass is 10.1. The molecule has 0 fully saturated rings. The van der Waals surface area contributed by atoms with Crippen LogP contribution in [0.15, 0.2) is 12.2 Å². The molecule has 0 spiro atoms. The van der Waals surface area contributed by atoms with Gasteiger partial charge in [0.25, 0.3) is 0 Å². The smallest absolute Gasteiger partial charge is 0.394 e. The zero-order valence-electron chi connectivity index (χ0n) is 18.1. The minimum atomic E-state index is -4.60. The summed E-state index contributed by atoms with van der Waals surface area (Å²) in [6, 6.07) is -0.807. The van der Waals surface area contributed by atoms with Crippen molar-refractivity contribution in [3.63, 3.8) is 0 Å². The number of allylic oxidation sites excluding steroid dienone is 2. The fraction of sp³-hybridized carbons (Fsp3) is 0.857. The molecule has 0 heterocycles. The van der Waals surface area contributed by atoms with Crippen LogP contribution >= 0.6 is 7.82 Å². The molecule has 7 nitrogen and oxygen atoms in total. The number of carbonyl (C=O) groups is 1. The Morgan fingerprint density at radius 3 is 1.97 bits per heavy atom. The van der Waals surface area contributed by atoms with Crippen LogP contribution in [0.2, 0.25) is 0 Å². The van der Waals surface area contributed by atoms with Crippen molar-refractivity contribution < 1.29 is 28.8 Å². The maximum Gasteiger partial charge on any atom is 0.469 e. The number of hydrogen-bond acceptors (Lipinski definition) is 4. The van der Waals surface area contributed by atoms with E-state index in [1.807, 2.05) is 0 Å². The second-order valence-electron chi connectivity index (χ2n) is 7.57. The van der Waals surface area contributed by atoms with E-state index >= 15 is 0 Å². The van der Waals surface area contributed by atoms with E-state index in [-0.39, 0.29) is 5.91 Å². The van der Waals surface area contributed by atoms with Crippen molar-refractivity contribution in [3.05, 3.63) is 12.2 Å². The summed E-state index contributed by atoms with van der Waals surface area (Å²) in [6.07, 6.45) is 20.4. The van der Waals surface area contributed by atoms with Gasteiger partial charge in [-0.25, -0.2) is 4.57 Å². The average Bonchev–Trinajstić information content (AvgIpc) is 2.67. The maximum absolute atomic E-state index is 11.8. The van der Waals surface area contributed by atoms with E-state index in [1.54, 1.807) is 0 Å². The summed E-state index contributed by atoms with van der Waals surface area (Å²) in [5, 5.41) is 11.6. The van der Waals surface area contributed by atoms with Crippen molar-refractivity contribution in [1.82, 2.24) is 5.32 Å². The Hall–Kier alpha value is -0.720. The fourth-order valence-electron chi connectivity index (χ4n) is 2.98. The van der Waals surface area contributed by atoms with Crippen LogP contribution in [-0.4, -0.2) is 40.1 Å². The molecule has 0 rings (SSSR count). The number of aliphatic hydroxyl groups is 1. The van der Waals surface area contributed by atoms with Gasteiger partial charge in [0.1, 0.15) is 0 Å². The first-order valence-electron chi connectivity index (χ1n) is 11.1. The molecular formula is C21H42NO6P. The standard InChI is InChI=1S/C21H42NO6P/c1-2-3-4-5-6-7-8-9-10-11-12-13-14-15-16-17-21(24)22-20(18-23)19-28-29(25,26)27/h9-10,20,23H,2-8,11-19H2,1H3,(H,22,24)(H2,25,26,27)/t20-/m0/s1. The van der Waals surface area contributed by atoms with Crippen molar-refractivity contribution in [2.45, 2.75) is 103 Å². The summed E-state index contributed by atoms with van der Waals surface area (Å²) in [6.45, 7) is 1.39. The number of aliphatic hydroxyl groups excluding tert-OH is 1. The van der Waals surface area contributed by atoms with E-state index in [2.05, 4.69) is 28.9 Å². The molecule has 0 unspecified atom stereocenters. The summed E-state index contributed by atoms with van der Waals surface area (Å²) in [5.74, 6) is -0.240. The Labute approximate surface area is 176 Å². The highest BCUT2D eigenvalue weighted by molar-refractivity contribution is 7.46. The quantitative estimate of drug-likeness (QED) is 0.126. The van der Waals surface area contributed by atoms with Crippen molar-refractivity contribution in [2.24, 2.45) is 0 Å². The zero-order chi connectivity index (χ0) is 21.8. The number of unbranched alkanes of at least 4 members (excludes halogenated alkanes) is 11. The second kappa shape index (κ2) is 19.3. The van der Waals surface area contributed by atoms with Crippen LogP contribution in [0.5, 0.6) is 0 Å². The van der Waals surface area contributed by atoms with Crippen LogP contribution in [0.25, 0.3) is 0 Å². The third-order valence-electron chi connectivity index (χ3n) is 4.70. The second-order valence-corrected chi connectivity index (χ2v) is 8.81. The molecule has 0 aliphatic rings. The first-order valence-corrected chi connectivity index (χ1v) is 12.7. The first-order chi connectivity index (χ1) is 13.9. The highest BCUT2D eigenvalue weighted by Gasteiger charge is 2.19. The van der Waals surface area contributed by atoms with Crippen LogP contribution < -0.4 is 5.32 Å². The minimum absolute atomic E-state index is 0.240. The molecule has 0 aromatic rings. The summed E-state index contributed by atoms with van der Waals surface area (Å²) in [7, 11) is -4.60. The Kier molecular flexibility index (Phi) is 18.8. The van der Waals surface area contributed by atoms with Crippen LogP contribution in [0, 0.1) is 0 Å². The molecule has 29 heavy (non-hydrogen) atoms. The molecule has 0 aliphatic heterocycles. The molecule has 1 atom stereocenters. The predicted molar refractivity (Wildman–Crippen MR) is 116 cm³/mol. The molecule has 1 amide bonds. The van der Waals surface area contributed by atoms with Gasteiger partial charge in [-0.1, -0.05) is 70.4 Å². The first kappa shape index (κ1) is 28.3. The van der Waals surface area contributed by atoms with Gasteiger partial charge in [-0.3, -0.25) is 9.32 Å². The summed E-state index contributed by atoms with van der Waals surface area (Å²) in [4.78, 5) is 29.1. The minimum Gasteiger partial charge on any atom is -0.394 e. The molecule has 8 heteroatoms. The average molecular weight is 436 g/mol. The number of nitrogens with one attached hydrogen (secondary N) is 1. The molecule has 0 aliphatic carbocycles. The normalized spacial score (nSPS) is 13.1. The number of rotatable bonds is 20. The molecule has 0 aromatic carbocycles. The van der Waals surface area contributed by atoms with Crippen molar-refractivity contribution >= 4 is 13.7 Å². The van der Waals surface area contributed by atoms with Gasteiger partial charge in [0.2, 0.25) is 5.91 Å². The van der Waals surface area contributed by atoms with E-state index in [1.165, 1.54) is 51.4 Å². The van der Waals surface area contributed by atoms with Crippen LogP contribution in [-0.2, 0) is 13.9 Å². The molecule has 0 bridgehead atoms. The van der Waals surface area contributed by atoms with Gasteiger partial charge in [-0.05, 0) is 32.1 Å². The molecule has 172 valence electrons. The number of carbonyl (C=O) groups excluding carboxylic acids is 1. The van der Waals surface area contributed by atoms with E-state index in [4.69, 9.17) is 14.9 Å². The van der Waals surface area contributed by atoms with Gasteiger partial charge in [-0.15, -0.1) is 0 Å². The number of phosphoric ester groups is 1. The van der Waals surface area contributed by atoms with Crippen LogP contribution in [0.1, 0.15) is 96.8 Å². The van der Waals surface area contributed by atoms with Crippen molar-refractivity contribution in [3.8, 4) is 0 Å². The molecule has 0 saturated heterocycles. The molecule has 0 saturated carbocycles. The van der Waals surface area contributed by atoms with Gasteiger partial charge < -0.3 is 20.2 Å². The van der Waals surface area contributed by atoms with E-state index < -0.39 is 27.1 Å². The number of phosphoric acid groups is 1. The molecular weight excluding hydrogens is 393 g/mol. The fourth-order valence-corrected chi connectivity index (χ4v) is 3.36. The summed E-state index contributed by atoms with van der Waals surface area (Å²) >= 11 is 0. The van der Waals surface area contributed by atoms with Crippen LogP contribution in [0.3, 0.4) is 0 Å². The lowest BCUT2D eigenvalue weighted by molar-refractivity contribution is -0.122. The maximum atomic E-state index is 11.8. The molecule has 0 radical (unpaired) electrons. The SMILES string of the molecule is CCCCCCCCC=CCCCCCCCC(=O)N[C@@H](CO)COP(=O)(O)O. The van der Waals surface area contributed by atoms with Crippen molar-refractivity contribution in [2.75, 3.05) is 13.2 Å². The largest absolute Gasteiger partial charge is 0.469 e. The Morgan fingerprint density at radius 2 is 1.45 bits per heavy atom. The van der Waals surface area contributed by atoms with Gasteiger partial charge in [0.15, 0.2) is 0 Å². The van der Waals surface area contributed by atoms with Crippen molar-refractivity contribution in [1.29, 1.82) is 0 Å². The number of amides is 1. The molecule has 4 N–H and O–H groups in total. The Bertz CT molecular complexity index is 466. The lowest BCUT2D eigenvalue weighted by Crippen LogP contribution is -2.40. The lowest BCUT2D eigenvalue weighted by Gasteiger charge is -2.16. The monoisotopic (exact) mass is 435 g/mol. The third-order valence-corrected chi connectivity index (χ3v) is 5.18. The highest BCUT2D eigenvalue weighted by Crippen LogP contribution is 2.35. The Morgan fingerprint density at radius 1 is 0.931 bits per heavy atom. The number of hydrogen-bond donors (Lipinski definition) is 4. The van der Waals surface area contributed by atoms with Gasteiger partial charge in [0.05, 0.1) is 19.3 Å². The van der Waals surface area contributed by atoms with E-state index in [9.17, 15) is 9.36 Å². The van der Waals surface area contributed by atoms with Gasteiger partial charge in [0, 0.05) is 6.42 Å². The van der Waals surface area contributed by atoms with Crippen LogP contribution in [0.4, 0.5) is 0 Å². The Balaban J connectivity index is 3.49. The molecule has 0 aromatic heterocycles. The summed E-state index contributed by atoms with van der Waals surface area (Å²) in [5.41, 5.74) is 0. The van der Waals surface area contributed by atoms with Gasteiger partial charge >= 0.3 is 7.82 Å².